The molecule has 0 radical (unpaired) electrons. The summed E-state index contributed by atoms with van der Waals surface area (Å²) in [4.78, 5) is 9.32. The van der Waals surface area contributed by atoms with E-state index in [1.165, 1.54) is 5.01 Å². The molecule has 4 aromatic rings. The average molecular weight is 533 g/mol. The summed E-state index contributed by atoms with van der Waals surface area (Å²) in [5, 5.41) is 13.3. The average Bonchev–Trinajstić information content (AvgIpc) is 3.22. The summed E-state index contributed by atoms with van der Waals surface area (Å²) in [6, 6.07) is 14.1. The highest BCUT2D eigenvalue weighted by Gasteiger charge is 2.29. The van der Waals surface area contributed by atoms with Crippen LogP contribution in [-0.4, -0.2) is 52.0 Å². The van der Waals surface area contributed by atoms with Gasteiger partial charge in [0, 0.05) is 56.0 Å². The largest absolute Gasteiger partial charge is 0.480 e. The molecule has 208 valence electrons. The third-order valence-electron chi connectivity index (χ3n) is 6.98. The molecule has 5 N–H and O–H groups in total. The molecule has 0 spiro atoms. The molecule has 1 saturated heterocycles. The second kappa shape index (κ2) is 12.0. The van der Waals surface area contributed by atoms with Crippen LogP contribution in [0.25, 0.3) is 27.6 Å². The van der Waals surface area contributed by atoms with E-state index >= 15 is 0 Å². The first-order valence-corrected chi connectivity index (χ1v) is 13.2. The molecule has 1 aromatic carbocycles. The Morgan fingerprint density at radius 1 is 1.13 bits per heavy atom. The fraction of sp³-hybridized carbons (Fsp3) is 0.400. The summed E-state index contributed by atoms with van der Waals surface area (Å²) in [6.45, 7) is 7.64. The Balaban J connectivity index is 0.000000519. The molecule has 0 bridgehead atoms. The zero-order chi connectivity index (χ0) is 28.2. The van der Waals surface area contributed by atoms with E-state index < -0.39 is 5.60 Å². The Kier molecular flexibility index (Phi) is 8.74. The minimum absolute atomic E-state index is 0.443. The van der Waals surface area contributed by atoms with Crippen LogP contribution >= 0.6 is 0 Å². The number of nitrogens with two attached hydrogens (primary N) is 2. The number of methoxy groups -OCH3 is 1. The van der Waals surface area contributed by atoms with Crippen LogP contribution in [0.2, 0.25) is 0 Å². The zero-order valence-electron chi connectivity index (χ0n) is 23.5. The first-order valence-electron chi connectivity index (χ1n) is 13.2. The number of hydrogen-bond donors (Lipinski definition) is 3. The lowest BCUT2D eigenvalue weighted by atomic mass is 9.97. The van der Waals surface area contributed by atoms with Gasteiger partial charge >= 0.3 is 0 Å². The third kappa shape index (κ3) is 6.16. The summed E-state index contributed by atoms with van der Waals surface area (Å²) in [7, 11) is 3.36. The highest BCUT2D eigenvalue weighted by atomic mass is 16.5. The summed E-state index contributed by atoms with van der Waals surface area (Å²) in [6.07, 6.45) is 5.43. The molecule has 39 heavy (non-hydrogen) atoms. The number of rotatable bonds is 6. The maximum absolute atomic E-state index is 11.0. The Morgan fingerprint density at radius 3 is 2.26 bits per heavy atom. The molecule has 5 rings (SSSR count). The molecule has 1 fully saturated rings. The van der Waals surface area contributed by atoms with Crippen molar-refractivity contribution in [3.05, 3.63) is 71.7 Å². The van der Waals surface area contributed by atoms with Crippen molar-refractivity contribution in [1.82, 2.24) is 19.5 Å². The van der Waals surface area contributed by atoms with E-state index in [-0.39, 0.29) is 0 Å². The van der Waals surface area contributed by atoms with E-state index in [1.54, 1.807) is 40.4 Å². The Labute approximate surface area is 230 Å². The van der Waals surface area contributed by atoms with Crippen LogP contribution in [0.5, 0.6) is 5.88 Å². The van der Waals surface area contributed by atoms with Gasteiger partial charge in [0.25, 0.3) is 0 Å². The number of ether oxygens (including phenoxy) is 2. The fourth-order valence-electron chi connectivity index (χ4n) is 5.15. The van der Waals surface area contributed by atoms with E-state index in [9.17, 15) is 5.11 Å². The van der Waals surface area contributed by atoms with Crippen molar-refractivity contribution in [3.63, 3.8) is 0 Å². The summed E-state index contributed by atoms with van der Waals surface area (Å²) in [5.41, 5.74) is 10.5. The topological polar surface area (TPSA) is 125 Å². The molecule has 4 heterocycles. The van der Waals surface area contributed by atoms with E-state index in [1.807, 2.05) is 43.3 Å². The van der Waals surface area contributed by atoms with E-state index in [0.717, 1.165) is 65.7 Å². The van der Waals surface area contributed by atoms with E-state index in [4.69, 9.17) is 26.0 Å². The van der Waals surface area contributed by atoms with Gasteiger partial charge in [-0.05, 0) is 45.6 Å². The van der Waals surface area contributed by atoms with Crippen LogP contribution in [0.3, 0.4) is 0 Å². The fourth-order valence-corrected chi connectivity index (χ4v) is 5.15. The van der Waals surface area contributed by atoms with Crippen LogP contribution < -0.4 is 16.3 Å². The number of fused-ring (bicyclic) bond motifs is 3. The number of hydrogen-bond acceptors (Lipinski definition) is 8. The SMILES string of the molecule is COc1ncc(C(C)(C)O)c2c1c1ncc(/C(=C(\C)N)N(C)N)cc1n2CC1CCOCC1.c1ccccc1. The van der Waals surface area contributed by atoms with Crippen LogP contribution in [0.1, 0.15) is 44.7 Å². The molecule has 9 nitrogen and oxygen atoms in total. The maximum atomic E-state index is 11.0. The number of benzene rings is 1. The van der Waals surface area contributed by atoms with Crippen molar-refractivity contribution in [2.45, 2.75) is 45.8 Å². The molecule has 9 heteroatoms. The summed E-state index contributed by atoms with van der Waals surface area (Å²) < 4.78 is 13.5. The first-order chi connectivity index (χ1) is 18.6. The molecule has 0 unspecified atom stereocenters. The Bertz CT molecular complexity index is 1400. The predicted molar refractivity (Wildman–Crippen MR) is 156 cm³/mol. The van der Waals surface area contributed by atoms with Crippen molar-refractivity contribution < 1.29 is 14.6 Å². The van der Waals surface area contributed by atoms with Crippen molar-refractivity contribution in [1.29, 1.82) is 0 Å². The molecular formula is C30H40N6O3. The Morgan fingerprint density at radius 2 is 1.74 bits per heavy atom. The monoisotopic (exact) mass is 532 g/mol. The van der Waals surface area contributed by atoms with Crippen LogP contribution in [-0.2, 0) is 16.9 Å². The number of pyridine rings is 2. The zero-order valence-corrected chi connectivity index (χ0v) is 23.5. The van der Waals surface area contributed by atoms with Gasteiger partial charge in [-0.15, -0.1) is 0 Å². The molecule has 0 atom stereocenters. The van der Waals surface area contributed by atoms with Gasteiger partial charge < -0.3 is 29.9 Å². The number of aliphatic hydroxyl groups is 1. The maximum Gasteiger partial charge on any atom is 0.224 e. The third-order valence-corrected chi connectivity index (χ3v) is 6.98. The molecule has 0 saturated carbocycles. The van der Waals surface area contributed by atoms with Crippen molar-refractivity contribution in [2.75, 3.05) is 27.4 Å². The molecule has 3 aromatic heterocycles. The number of allylic oxidation sites excluding steroid dienone is 1. The van der Waals surface area contributed by atoms with Crippen LogP contribution in [0, 0.1) is 5.92 Å². The van der Waals surface area contributed by atoms with E-state index in [0.29, 0.717) is 23.2 Å². The smallest absolute Gasteiger partial charge is 0.224 e. The van der Waals surface area contributed by atoms with Gasteiger partial charge in [0.05, 0.1) is 34.8 Å². The molecule has 0 amide bonds. The second-order valence-corrected chi connectivity index (χ2v) is 10.5. The predicted octanol–water partition coefficient (Wildman–Crippen LogP) is 4.39. The lowest BCUT2D eigenvalue weighted by Crippen LogP contribution is -2.26. The number of aromatic nitrogens is 3. The highest BCUT2D eigenvalue weighted by Crippen LogP contribution is 2.40. The van der Waals surface area contributed by atoms with Gasteiger partial charge in [0.2, 0.25) is 5.88 Å². The van der Waals surface area contributed by atoms with Gasteiger partial charge in [-0.1, -0.05) is 36.4 Å². The van der Waals surface area contributed by atoms with Gasteiger partial charge in [0.15, 0.2) is 0 Å². The lowest BCUT2D eigenvalue weighted by molar-refractivity contribution is 0.0615. The van der Waals surface area contributed by atoms with Gasteiger partial charge in [0.1, 0.15) is 5.52 Å². The van der Waals surface area contributed by atoms with Crippen LogP contribution in [0.4, 0.5) is 0 Å². The second-order valence-electron chi connectivity index (χ2n) is 10.5. The normalized spacial score (nSPS) is 15.1. The summed E-state index contributed by atoms with van der Waals surface area (Å²) >= 11 is 0. The standard InChI is InChI=1S/C24H34N6O3.C6H6/c1-14(25)21(29(4)26)16-10-18-20(27-11-16)19-22(30(18)13-15-6-8-33-9-7-15)17(24(2,3)31)12-28-23(19)32-5;1-2-4-6-5-3-1/h10-12,15,31H,6-9,13,25-26H2,1-5H3;1-6H/b21-14-;. The van der Waals surface area contributed by atoms with Gasteiger partial charge in [-0.2, -0.15) is 0 Å². The van der Waals surface area contributed by atoms with Crippen molar-refractivity contribution in [3.8, 4) is 5.88 Å². The first kappa shape index (κ1) is 28.4. The summed E-state index contributed by atoms with van der Waals surface area (Å²) in [5.74, 6) is 7.01. The van der Waals surface area contributed by atoms with Crippen molar-refractivity contribution in [2.24, 2.45) is 17.5 Å². The van der Waals surface area contributed by atoms with Gasteiger partial charge in [-0.25, -0.2) is 10.8 Å². The molecule has 0 aliphatic carbocycles. The number of nitrogens with zero attached hydrogens (tertiary/aromatic N) is 4. The lowest BCUT2D eigenvalue weighted by Gasteiger charge is -2.25. The highest BCUT2D eigenvalue weighted by molar-refractivity contribution is 6.10. The molecular weight excluding hydrogens is 492 g/mol. The van der Waals surface area contributed by atoms with Crippen molar-refractivity contribution >= 4 is 27.6 Å². The number of hydrazine groups is 1. The van der Waals surface area contributed by atoms with E-state index in [2.05, 4.69) is 15.6 Å². The van der Waals surface area contributed by atoms with Crippen LogP contribution in [0.15, 0.2) is 60.6 Å². The Hall–Kier alpha value is -3.66. The molecule has 1 aliphatic rings. The minimum atomic E-state index is -1.10. The quantitative estimate of drug-likeness (QED) is 0.247. The minimum Gasteiger partial charge on any atom is -0.480 e. The van der Waals surface area contributed by atoms with Gasteiger partial charge in [-0.3, -0.25) is 4.98 Å². The molecule has 1 aliphatic heterocycles.